The van der Waals surface area contributed by atoms with Crippen molar-refractivity contribution in [2.75, 3.05) is 18.8 Å². The molecule has 0 unspecified atom stereocenters. The van der Waals surface area contributed by atoms with E-state index in [2.05, 4.69) is 21.3 Å². The van der Waals surface area contributed by atoms with Crippen molar-refractivity contribution in [1.82, 2.24) is 29.4 Å². The molecule has 1 amide bonds. The van der Waals surface area contributed by atoms with Crippen molar-refractivity contribution in [3.05, 3.63) is 79.1 Å². The van der Waals surface area contributed by atoms with Gasteiger partial charge in [-0.2, -0.15) is 5.10 Å². The van der Waals surface area contributed by atoms with Crippen LogP contribution in [0.1, 0.15) is 24.4 Å². The zero-order chi connectivity index (χ0) is 26.0. The van der Waals surface area contributed by atoms with Gasteiger partial charge in [-0.15, -0.1) is 0 Å². The molecule has 0 bridgehead atoms. The smallest absolute Gasteiger partial charge is 0.246 e. The van der Waals surface area contributed by atoms with E-state index in [1.54, 1.807) is 35.2 Å². The van der Waals surface area contributed by atoms with Crippen LogP contribution in [0.4, 0.5) is 5.82 Å². The molecule has 0 aliphatic carbocycles. The number of nitrogens with two attached hydrogens (primary N) is 1. The summed E-state index contributed by atoms with van der Waals surface area (Å²) in [6.45, 7) is 4.93. The molecule has 0 radical (unpaired) electrons. The Kier molecular flexibility index (Phi) is 6.72. The number of aromatic nitrogens is 4. The number of nitrogens with zero attached hydrogens (tertiary/aromatic N) is 5. The van der Waals surface area contributed by atoms with Crippen molar-refractivity contribution in [1.29, 1.82) is 0 Å². The van der Waals surface area contributed by atoms with E-state index in [1.807, 2.05) is 28.9 Å². The van der Waals surface area contributed by atoms with Gasteiger partial charge in [0.05, 0.1) is 16.3 Å². The van der Waals surface area contributed by atoms with Crippen molar-refractivity contribution in [3.63, 3.8) is 0 Å². The summed E-state index contributed by atoms with van der Waals surface area (Å²) >= 11 is 0. The lowest BCUT2D eigenvalue weighted by Gasteiger charge is -2.32. The minimum atomic E-state index is -3.61. The molecule has 0 spiro atoms. The molecule has 3 heterocycles. The van der Waals surface area contributed by atoms with E-state index in [0.29, 0.717) is 35.6 Å². The second-order valence-corrected chi connectivity index (χ2v) is 10.6. The summed E-state index contributed by atoms with van der Waals surface area (Å²) in [5, 5.41) is 5.52. The normalized spacial score (nSPS) is 16.1. The number of hydrogen-bond acceptors (Lipinski definition) is 7. The van der Waals surface area contributed by atoms with E-state index < -0.39 is 10.0 Å². The van der Waals surface area contributed by atoms with Crippen molar-refractivity contribution < 1.29 is 13.2 Å². The number of carbonyl (C=O) groups is 1. The first kappa shape index (κ1) is 24.6. The molecule has 10 nitrogen and oxygen atoms in total. The van der Waals surface area contributed by atoms with Gasteiger partial charge < -0.3 is 10.6 Å². The third-order valence-corrected chi connectivity index (χ3v) is 7.91. The second kappa shape index (κ2) is 10.1. The second-order valence-electron chi connectivity index (χ2n) is 8.87. The molecule has 5 rings (SSSR count). The highest BCUT2D eigenvalue weighted by molar-refractivity contribution is 7.89. The molecule has 11 heteroatoms. The van der Waals surface area contributed by atoms with Gasteiger partial charge >= 0.3 is 0 Å². The Morgan fingerprint density at radius 2 is 1.89 bits per heavy atom. The Bertz CT molecular complexity index is 1550. The number of nitrogens with one attached hydrogen (secondary N) is 1. The summed E-state index contributed by atoms with van der Waals surface area (Å²) in [5.74, 6) is 0.217. The molecule has 1 fully saturated rings. The predicted molar refractivity (Wildman–Crippen MR) is 141 cm³/mol. The van der Waals surface area contributed by atoms with E-state index in [1.165, 1.54) is 12.4 Å². The highest BCUT2D eigenvalue weighted by Crippen LogP contribution is 2.33. The van der Waals surface area contributed by atoms with Gasteiger partial charge in [0.1, 0.15) is 17.8 Å². The van der Waals surface area contributed by atoms with Crippen LogP contribution in [-0.4, -0.2) is 52.1 Å². The molecule has 3 N–H and O–H groups in total. The van der Waals surface area contributed by atoms with Crippen molar-refractivity contribution in [2.45, 2.75) is 30.3 Å². The van der Waals surface area contributed by atoms with Crippen molar-refractivity contribution >= 4 is 32.8 Å². The molecule has 1 aliphatic rings. The van der Waals surface area contributed by atoms with Crippen molar-refractivity contribution in [2.24, 2.45) is 0 Å². The lowest BCUT2D eigenvalue weighted by Crippen LogP contribution is -2.40. The van der Waals surface area contributed by atoms with Gasteiger partial charge in [-0.3, -0.25) is 4.79 Å². The standard InChI is InChI=1S/C26H27N7O3S/c1-2-22(34)32-14-6-7-20(16-32)33-26-23(25(27)28-17-29-26)24(31-33)19-12-10-18(11-13-19)15-30-37(35,36)21-8-4-3-5-9-21/h2-5,8-13,17,20,30H,1,6-7,14-16H2,(H2,27,28,29)/t20-/m1/s1. The van der Waals surface area contributed by atoms with Crippen LogP contribution in [0.5, 0.6) is 0 Å². The Labute approximate surface area is 214 Å². The third-order valence-electron chi connectivity index (χ3n) is 6.49. The number of benzene rings is 2. The number of amides is 1. The van der Waals surface area contributed by atoms with E-state index in [4.69, 9.17) is 10.8 Å². The molecule has 2 aromatic carbocycles. The number of hydrogen-bond donors (Lipinski definition) is 2. The van der Waals surface area contributed by atoms with E-state index >= 15 is 0 Å². The van der Waals surface area contributed by atoms with Crippen LogP contribution < -0.4 is 10.5 Å². The molecule has 1 atom stereocenters. The molecule has 0 saturated carbocycles. The molecular weight excluding hydrogens is 490 g/mol. The van der Waals surface area contributed by atoms with Crippen LogP contribution in [-0.2, 0) is 21.4 Å². The first-order valence-corrected chi connectivity index (χ1v) is 13.4. The largest absolute Gasteiger partial charge is 0.383 e. The first-order chi connectivity index (χ1) is 17.9. The zero-order valence-electron chi connectivity index (χ0n) is 20.1. The van der Waals surface area contributed by atoms with Crippen molar-refractivity contribution in [3.8, 4) is 11.3 Å². The molecule has 37 heavy (non-hydrogen) atoms. The highest BCUT2D eigenvalue weighted by Gasteiger charge is 2.28. The Hall–Kier alpha value is -4.09. The maximum Gasteiger partial charge on any atom is 0.246 e. The zero-order valence-corrected chi connectivity index (χ0v) is 20.9. The average molecular weight is 518 g/mol. The molecule has 1 aliphatic heterocycles. The quantitative estimate of drug-likeness (QED) is 0.360. The van der Waals surface area contributed by atoms with Crippen LogP contribution in [0.3, 0.4) is 0 Å². The van der Waals surface area contributed by atoms with Gasteiger partial charge in [-0.05, 0) is 36.6 Å². The molecular formula is C26H27N7O3S. The average Bonchev–Trinajstić information content (AvgIpc) is 3.33. The summed E-state index contributed by atoms with van der Waals surface area (Å²) in [6, 6.07) is 15.6. The topological polar surface area (TPSA) is 136 Å². The molecule has 190 valence electrons. The number of rotatable bonds is 7. The third kappa shape index (κ3) is 4.95. The maximum atomic E-state index is 12.5. The SMILES string of the molecule is C=CC(=O)N1CCC[C@@H](n2nc(-c3ccc(CNS(=O)(=O)c4ccccc4)cc3)c3c(N)ncnc32)C1. The fourth-order valence-corrected chi connectivity index (χ4v) is 5.62. The van der Waals surface area contributed by atoms with Gasteiger partial charge in [-0.1, -0.05) is 49.0 Å². The lowest BCUT2D eigenvalue weighted by atomic mass is 10.1. The summed E-state index contributed by atoms with van der Waals surface area (Å²) in [7, 11) is -3.61. The van der Waals surface area contributed by atoms with Crippen LogP contribution in [0.2, 0.25) is 0 Å². The number of anilines is 1. The summed E-state index contributed by atoms with van der Waals surface area (Å²) < 4.78 is 29.5. The van der Waals surface area contributed by atoms with Gasteiger partial charge in [0, 0.05) is 25.2 Å². The molecule has 2 aromatic heterocycles. The molecule has 1 saturated heterocycles. The number of likely N-dealkylation sites (tertiary alicyclic amines) is 1. The fraction of sp³-hybridized carbons (Fsp3) is 0.231. The Morgan fingerprint density at radius 1 is 1.14 bits per heavy atom. The van der Waals surface area contributed by atoms with E-state index in [0.717, 1.165) is 24.0 Å². The highest BCUT2D eigenvalue weighted by atomic mass is 32.2. The Balaban J connectivity index is 1.42. The number of fused-ring (bicyclic) bond motifs is 1. The lowest BCUT2D eigenvalue weighted by molar-refractivity contribution is -0.127. The van der Waals surface area contributed by atoms with E-state index in [9.17, 15) is 13.2 Å². The number of sulfonamides is 1. The van der Waals surface area contributed by atoms with Crippen LogP contribution >= 0.6 is 0 Å². The van der Waals surface area contributed by atoms with Gasteiger partial charge in [0.15, 0.2) is 5.65 Å². The summed E-state index contributed by atoms with van der Waals surface area (Å²) in [5.41, 5.74) is 9.10. The van der Waals surface area contributed by atoms with Gasteiger partial charge in [0.25, 0.3) is 0 Å². The number of carbonyl (C=O) groups excluding carboxylic acids is 1. The van der Waals surface area contributed by atoms with Gasteiger partial charge in [0.2, 0.25) is 15.9 Å². The van der Waals surface area contributed by atoms with Crippen LogP contribution in [0.15, 0.2) is 78.5 Å². The summed E-state index contributed by atoms with van der Waals surface area (Å²) in [6.07, 6.45) is 4.43. The molecule has 4 aromatic rings. The van der Waals surface area contributed by atoms with E-state index in [-0.39, 0.29) is 23.4 Å². The van der Waals surface area contributed by atoms with Crippen LogP contribution in [0.25, 0.3) is 22.3 Å². The first-order valence-electron chi connectivity index (χ1n) is 11.9. The number of piperidine rings is 1. The maximum absolute atomic E-state index is 12.5. The minimum Gasteiger partial charge on any atom is -0.383 e. The van der Waals surface area contributed by atoms with Crippen LogP contribution in [0, 0.1) is 0 Å². The van der Waals surface area contributed by atoms with Gasteiger partial charge in [-0.25, -0.2) is 27.8 Å². The fourth-order valence-electron chi connectivity index (χ4n) is 4.58. The Morgan fingerprint density at radius 3 is 2.62 bits per heavy atom. The number of nitrogen functional groups attached to an aromatic ring is 1. The summed E-state index contributed by atoms with van der Waals surface area (Å²) in [4.78, 5) is 22.8. The minimum absolute atomic E-state index is 0.0603. The monoisotopic (exact) mass is 517 g/mol. The predicted octanol–water partition coefficient (Wildman–Crippen LogP) is 2.90.